The lowest BCUT2D eigenvalue weighted by Gasteiger charge is -2.12. The Morgan fingerprint density at radius 2 is 2.13 bits per heavy atom. The van der Waals surface area contributed by atoms with Crippen LogP contribution in [0.1, 0.15) is 32.5 Å². The third-order valence-electron chi connectivity index (χ3n) is 2.31. The van der Waals surface area contributed by atoms with Gasteiger partial charge in [-0.15, -0.1) is 0 Å². The fourth-order valence-corrected chi connectivity index (χ4v) is 1.96. The Morgan fingerprint density at radius 1 is 1.40 bits per heavy atom. The lowest BCUT2D eigenvalue weighted by atomic mass is 10.2. The second kappa shape index (κ2) is 6.74. The Labute approximate surface area is 95.2 Å². The van der Waals surface area contributed by atoms with Gasteiger partial charge in [-0.05, 0) is 12.8 Å². The largest absolute Gasteiger partial charge is 0.384 e. The molecule has 1 N–H and O–H groups in total. The summed E-state index contributed by atoms with van der Waals surface area (Å²) in [6.07, 6.45) is 3.02. The summed E-state index contributed by atoms with van der Waals surface area (Å²) >= 11 is 1.43. The summed E-state index contributed by atoms with van der Waals surface area (Å²) < 4.78 is 9.25. The number of anilines is 1. The number of ether oxygens (including phenoxy) is 1. The topological polar surface area (TPSA) is 47.0 Å². The molecule has 15 heavy (non-hydrogen) atoms. The third-order valence-corrected chi connectivity index (χ3v) is 3.00. The normalized spacial score (nSPS) is 10.9. The van der Waals surface area contributed by atoms with Gasteiger partial charge in [0.2, 0.25) is 5.13 Å². The van der Waals surface area contributed by atoms with Crippen LogP contribution in [0, 0.1) is 0 Å². The first-order valence-corrected chi connectivity index (χ1v) is 6.15. The first-order valence-electron chi connectivity index (χ1n) is 5.38. The Hall–Kier alpha value is -0.680. The van der Waals surface area contributed by atoms with E-state index in [-0.39, 0.29) is 0 Å². The van der Waals surface area contributed by atoms with Gasteiger partial charge < -0.3 is 10.1 Å². The van der Waals surface area contributed by atoms with Crippen molar-refractivity contribution in [3.8, 4) is 0 Å². The molecule has 0 aliphatic heterocycles. The maximum absolute atomic E-state index is 4.98. The van der Waals surface area contributed by atoms with E-state index in [9.17, 15) is 0 Å². The quantitative estimate of drug-likeness (QED) is 0.779. The summed E-state index contributed by atoms with van der Waals surface area (Å²) in [5.74, 6) is 0.871. The molecule has 0 amide bonds. The Kier molecular flexibility index (Phi) is 5.57. The average molecular weight is 229 g/mol. The molecule has 0 aliphatic carbocycles. The number of hydrogen-bond donors (Lipinski definition) is 1. The molecule has 0 unspecified atom stereocenters. The minimum Gasteiger partial charge on any atom is -0.384 e. The lowest BCUT2D eigenvalue weighted by molar-refractivity contribution is 0.201. The summed E-state index contributed by atoms with van der Waals surface area (Å²) in [5.41, 5.74) is 0. The molecule has 0 saturated heterocycles. The smallest absolute Gasteiger partial charge is 0.202 e. The van der Waals surface area contributed by atoms with E-state index in [1.165, 1.54) is 11.5 Å². The summed E-state index contributed by atoms with van der Waals surface area (Å²) in [7, 11) is 1.69. The zero-order chi connectivity index (χ0) is 11.1. The van der Waals surface area contributed by atoms with Crippen LogP contribution in [-0.2, 0) is 11.2 Å². The Bertz CT molecular complexity index is 273. The first kappa shape index (κ1) is 12.4. The van der Waals surface area contributed by atoms with Gasteiger partial charge in [-0.1, -0.05) is 13.8 Å². The molecule has 1 aromatic heterocycles. The number of nitrogens with one attached hydrogen (secondary N) is 1. The fraction of sp³-hybridized carbons (Fsp3) is 0.800. The van der Waals surface area contributed by atoms with Crippen molar-refractivity contribution in [2.45, 2.75) is 39.2 Å². The van der Waals surface area contributed by atoms with Crippen LogP contribution >= 0.6 is 11.5 Å². The van der Waals surface area contributed by atoms with Crippen LogP contribution in [0.5, 0.6) is 0 Å². The van der Waals surface area contributed by atoms with Crippen LogP contribution in [0.25, 0.3) is 0 Å². The highest BCUT2D eigenvalue weighted by molar-refractivity contribution is 7.09. The molecule has 1 rings (SSSR count). The molecule has 0 aromatic carbocycles. The second-order valence-electron chi connectivity index (χ2n) is 3.42. The maximum atomic E-state index is 4.98. The van der Waals surface area contributed by atoms with Crippen molar-refractivity contribution in [1.29, 1.82) is 0 Å². The van der Waals surface area contributed by atoms with Crippen LogP contribution < -0.4 is 5.32 Å². The van der Waals surface area contributed by atoms with E-state index in [0.29, 0.717) is 12.6 Å². The molecular formula is C10H19N3OS. The molecule has 0 bridgehead atoms. The van der Waals surface area contributed by atoms with Gasteiger partial charge in [0.05, 0.1) is 6.61 Å². The highest BCUT2D eigenvalue weighted by Gasteiger charge is 2.07. The molecule has 0 atom stereocenters. The molecule has 86 valence electrons. The molecule has 0 spiro atoms. The molecule has 1 aromatic rings. The number of nitrogens with zero attached hydrogens (tertiary/aromatic N) is 2. The second-order valence-corrected chi connectivity index (χ2v) is 4.17. The number of methoxy groups -OCH3 is 1. The highest BCUT2D eigenvalue weighted by atomic mass is 32.1. The van der Waals surface area contributed by atoms with Crippen LogP contribution in [0.4, 0.5) is 5.13 Å². The first-order chi connectivity index (χ1) is 7.30. The standard InChI is InChI=1S/C10H19N3OS/c1-4-8(5-2)11-10-12-9(13-15-10)6-7-14-3/h8H,4-7H2,1-3H3,(H,11,12,13). The summed E-state index contributed by atoms with van der Waals surface area (Å²) in [6.45, 7) is 5.03. The van der Waals surface area contributed by atoms with Gasteiger partial charge in [-0.3, -0.25) is 0 Å². The van der Waals surface area contributed by atoms with Crippen molar-refractivity contribution >= 4 is 16.7 Å². The predicted octanol–water partition coefficient (Wildman–Crippen LogP) is 2.33. The number of hydrogen-bond acceptors (Lipinski definition) is 5. The average Bonchev–Trinajstić information content (AvgIpc) is 2.70. The van der Waals surface area contributed by atoms with Crippen LogP contribution in [0.15, 0.2) is 0 Å². The lowest BCUT2D eigenvalue weighted by Crippen LogP contribution is -2.16. The molecular weight excluding hydrogens is 210 g/mol. The van der Waals surface area contributed by atoms with Gasteiger partial charge in [0, 0.05) is 31.1 Å². The third kappa shape index (κ3) is 4.13. The van der Waals surface area contributed by atoms with Gasteiger partial charge in [0.15, 0.2) is 0 Å². The molecule has 0 radical (unpaired) electrons. The molecule has 1 heterocycles. The van der Waals surface area contributed by atoms with Crippen LogP contribution in [0.3, 0.4) is 0 Å². The molecule has 0 saturated carbocycles. The Balaban J connectivity index is 2.44. The van der Waals surface area contributed by atoms with E-state index in [4.69, 9.17) is 4.74 Å². The van der Waals surface area contributed by atoms with Crippen LogP contribution in [-0.4, -0.2) is 29.1 Å². The summed E-state index contributed by atoms with van der Waals surface area (Å²) in [4.78, 5) is 4.40. The zero-order valence-corrected chi connectivity index (χ0v) is 10.4. The van der Waals surface area contributed by atoms with Gasteiger partial charge in [-0.25, -0.2) is 4.98 Å². The van der Waals surface area contributed by atoms with Gasteiger partial charge in [0.25, 0.3) is 0 Å². The van der Waals surface area contributed by atoms with Crippen molar-refractivity contribution in [1.82, 2.24) is 9.36 Å². The van der Waals surface area contributed by atoms with E-state index in [1.54, 1.807) is 7.11 Å². The molecule has 0 fully saturated rings. The fourth-order valence-electron chi connectivity index (χ4n) is 1.27. The SMILES string of the molecule is CCC(CC)Nc1nc(CCOC)ns1. The summed E-state index contributed by atoms with van der Waals surface area (Å²) in [5, 5.41) is 4.30. The van der Waals surface area contributed by atoms with Crippen molar-refractivity contribution in [2.75, 3.05) is 19.0 Å². The van der Waals surface area contributed by atoms with E-state index in [1.807, 2.05) is 0 Å². The van der Waals surface area contributed by atoms with E-state index < -0.39 is 0 Å². The van der Waals surface area contributed by atoms with E-state index >= 15 is 0 Å². The highest BCUT2D eigenvalue weighted by Crippen LogP contribution is 2.14. The zero-order valence-electron chi connectivity index (χ0n) is 9.62. The van der Waals surface area contributed by atoms with Crippen molar-refractivity contribution < 1.29 is 4.74 Å². The van der Waals surface area contributed by atoms with Crippen molar-refractivity contribution in [3.63, 3.8) is 0 Å². The minimum absolute atomic E-state index is 0.508. The van der Waals surface area contributed by atoms with Crippen molar-refractivity contribution in [2.24, 2.45) is 0 Å². The maximum Gasteiger partial charge on any atom is 0.202 e. The minimum atomic E-state index is 0.508. The number of aromatic nitrogens is 2. The molecule has 0 aliphatic rings. The van der Waals surface area contributed by atoms with Crippen molar-refractivity contribution in [3.05, 3.63) is 5.82 Å². The van der Waals surface area contributed by atoms with E-state index in [0.717, 1.165) is 30.2 Å². The summed E-state index contributed by atoms with van der Waals surface area (Å²) in [6, 6.07) is 0.508. The number of rotatable bonds is 7. The van der Waals surface area contributed by atoms with Gasteiger partial charge >= 0.3 is 0 Å². The predicted molar refractivity (Wildman–Crippen MR) is 63.5 cm³/mol. The van der Waals surface area contributed by atoms with Gasteiger partial charge in [0.1, 0.15) is 5.82 Å². The molecule has 4 nitrogen and oxygen atoms in total. The van der Waals surface area contributed by atoms with E-state index in [2.05, 4.69) is 28.5 Å². The monoisotopic (exact) mass is 229 g/mol. The van der Waals surface area contributed by atoms with Crippen LogP contribution in [0.2, 0.25) is 0 Å². The Morgan fingerprint density at radius 3 is 2.73 bits per heavy atom. The van der Waals surface area contributed by atoms with Gasteiger partial charge in [-0.2, -0.15) is 4.37 Å². The molecule has 5 heteroatoms.